The molecule has 0 radical (unpaired) electrons. The molecule has 5 atom stereocenters. The highest BCUT2D eigenvalue weighted by Crippen LogP contribution is 2.21. The van der Waals surface area contributed by atoms with Crippen LogP contribution in [-0.4, -0.2) is 56.9 Å². The average Bonchev–Trinajstić information content (AvgIpc) is 3.26. The molecular weight excluding hydrogens is 516 g/mol. The molecule has 1 aliphatic heterocycles. The summed E-state index contributed by atoms with van der Waals surface area (Å²) in [6.45, 7) is 4.08. The van der Waals surface area contributed by atoms with E-state index in [4.69, 9.17) is 4.74 Å². The van der Waals surface area contributed by atoms with Gasteiger partial charge in [0, 0.05) is 12.0 Å². The number of allylic oxidation sites excluding steroid dienone is 2. The van der Waals surface area contributed by atoms with Crippen LogP contribution in [-0.2, 0) is 9.53 Å². The number of ether oxygens (including phenoxy) is 1. The van der Waals surface area contributed by atoms with Crippen LogP contribution >= 0.6 is 0 Å². The van der Waals surface area contributed by atoms with Gasteiger partial charge >= 0.3 is 5.97 Å². The molecule has 0 fully saturated rings. The summed E-state index contributed by atoms with van der Waals surface area (Å²) in [7, 11) is 0. The lowest BCUT2D eigenvalue weighted by atomic mass is 10.00. The Morgan fingerprint density at radius 2 is 1.12 bits per heavy atom. The van der Waals surface area contributed by atoms with Gasteiger partial charge in [0.1, 0.15) is 6.10 Å². The SMILES string of the molecule is CCCCCCCCCCCCCCC(O)C(O)CC/C=C\CC[C@H](O)CCCCCC(O)CC1=CC(C)OC1=O. The van der Waals surface area contributed by atoms with E-state index in [-0.39, 0.29) is 18.2 Å². The van der Waals surface area contributed by atoms with Crippen LogP contribution < -0.4 is 0 Å². The van der Waals surface area contributed by atoms with E-state index in [1.165, 1.54) is 64.2 Å². The second-order valence-electron chi connectivity index (χ2n) is 12.4. The summed E-state index contributed by atoms with van der Waals surface area (Å²) in [4.78, 5) is 11.6. The summed E-state index contributed by atoms with van der Waals surface area (Å²) in [5.74, 6) is -0.312. The number of aliphatic hydroxyl groups excluding tert-OH is 4. The first-order valence-electron chi connectivity index (χ1n) is 17.1. The Bertz CT molecular complexity index is 690. The first-order valence-corrected chi connectivity index (χ1v) is 17.1. The Morgan fingerprint density at radius 3 is 1.68 bits per heavy atom. The molecule has 6 heteroatoms. The van der Waals surface area contributed by atoms with Crippen molar-refractivity contribution >= 4 is 5.97 Å². The summed E-state index contributed by atoms with van der Waals surface area (Å²) in [5, 5.41) is 40.9. The van der Waals surface area contributed by atoms with E-state index in [0.717, 1.165) is 57.8 Å². The summed E-state index contributed by atoms with van der Waals surface area (Å²) >= 11 is 0. The molecule has 1 rings (SSSR count). The molecule has 0 spiro atoms. The Labute approximate surface area is 251 Å². The molecule has 0 aromatic heterocycles. The fourth-order valence-electron chi connectivity index (χ4n) is 5.59. The number of hydrogen-bond acceptors (Lipinski definition) is 6. The maximum atomic E-state index is 11.6. The molecule has 0 aliphatic carbocycles. The third-order valence-electron chi connectivity index (χ3n) is 8.28. The van der Waals surface area contributed by atoms with E-state index in [1.54, 1.807) is 6.08 Å². The highest BCUT2D eigenvalue weighted by Gasteiger charge is 2.24. The monoisotopic (exact) mass is 580 g/mol. The minimum absolute atomic E-state index is 0.195. The topological polar surface area (TPSA) is 107 Å². The van der Waals surface area contributed by atoms with Crippen LogP contribution in [0, 0.1) is 0 Å². The van der Waals surface area contributed by atoms with Crippen molar-refractivity contribution in [3.63, 3.8) is 0 Å². The molecule has 4 N–H and O–H groups in total. The maximum absolute atomic E-state index is 11.6. The van der Waals surface area contributed by atoms with Crippen LogP contribution in [0.3, 0.4) is 0 Å². The molecule has 6 nitrogen and oxygen atoms in total. The number of cyclic esters (lactones) is 1. The lowest BCUT2D eigenvalue weighted by molar-refractivity contribution is -0.139. The molecule has 0 saturated carbocycles. The molecule has 1 heterocycles. The molecule has 0 aromatic rings. The van der Waals surface area contributed by atoms with Gasteiger partial charge in [-0.15, -0.1) is 0 Å². The van der Waals surface area contributed by atoms with Crippen molar-refractivity contribution in [1.29, 1.82) is 0 Å². The van der Waals surface area contributed by atoms with E-state index in [1.807, 2.05) is 13.0 Å². The minimum atomic E-state index is -0.663. The third-order valence-corrected chi connectivity index (χ3v) is 8.28. The second kappa shape index (κ2) is 25.3. The number of aliphatic hydroxyl groups is 4. The van der Waals surface area contributed by atoms with Gasteiger partial charge in [-0.05, 0) is 57.9 Å². The summed E-state index contributed by atoms with van der Waals surface area (Å²) in [5.41, 5.74) is 0.578. The molecule has 4 unspecified atom stereocenters. The number of unbranched alkanes of at least 4 members (excludes halogenated alkanes) is 13. The van der Waals surface area contributed by atoms with Crippen LogP contribution in [0.15, 0.2) is 23.8 Å². The molecular formula is C35H64O6. The fraction of sp³-hybridized carbons (Fsp3) is 0.857. The van der Waals surface area contributed by atoms with Crippen LogP contribution in [0.25, 0.3) is 0 Å². The zero-order chi connectivity index (χ0) is 30.1. The molecule has 1 aliphatic rings. The third kappa shape index (κ3) is 21.2. The highest BCUT2D eigenvalue weighted by atomic mass is 16.5. The smallest absolute Gasteiger partial charge is 0.334 e. The fourth-order valence-corrected chi connectivity index (χ4v) is 5.59. The predicted molar refractivity (Wildman–Crippen MR) is 169 cm³/mol. The Kier molecular flexibility index (Phi) is 23.3. The van der Waals surface area contributed by atoms with Gasteiger partial charge in [-0.2, -0.15) is 0 Å². The summed E-state index contributed by atoms with van der Waals surface area (Å²) < 4.78 is 5.06. The minimum Gasteiger partial charge on any atom is -0.455 e. The largest absolute Gasteiger partial charge is 0.455 e. The van der Waals surface area contributed by atoms with Gasteiger partial charge in [0.2, 0.25) is 0 Å². The molecule has 0 amide bonds. The van der Waals surface area contributed by atoms with Crippen molar-refractivity contribution in [3.05, 3.63) is 23.8 Å². The standard InChI is InChI=1S/C35H64O6/c1-3-4-5-6-7-8-9-10-11-12-13-20-25-33(38)34(39)26-21-15-14-17-22-31(36)23-18-16-19-24-32(37)28-30-27-29(2)41-35(30)40/h14-15,27,29,31-34,36-39H,3-13,16-26,28H2,1-2H3/b15-14-/t29?,31-,32?,33?,34?/m0/s1. The molecule has 0 saturated heterocycles. The van der Waals surface area contributed by atoms with Crippen molar-refractivity contribution in [2.45, 2.75) is 192 Å². The summed E-state index contributed by atoms with van der Waals surface area (Å²) in [6.07, 6.45) is 27.1. The number of hydrogen-bond donors (Lipinski definition) is 4. The van der Waals surface area contributed by atoms with Gasteiger partial charge < -0.3 is 25.2 Å². The van der Waals surface area contributed by atoms with Crippen molar-refractivity contribution in [2.75, 3.05) is 0 Å². The lowest BCUT2D eigenvalue weighted by Crippen LogP contribution is -2.25. The average molecular weight is 581 g/mol. The zero-order valence-electron chi connectivity index (χ0n) is 26.5. The Hall–Kier alpha value is -1.21. The second-order valence-corrected chi connectivity index (χ2v) is 12.4. The number of carbonyl (C=O) groups is 1. The van der Waals surface area contributed by atoms with E-state index in [2.05, 4.69) is 13.0 Å². The van der Waals surface area contributed by atoms with Crippen LogP contribution in [0.1, 0.15) is 162 Å². The van der Waals surface area contributed by atoms with E-state index >= 15 is 0 Å². The highest BCUT2D eigenvalue weighted by molar-refractivity contribution is 5.90. The van der Waals surface area contributed by atoms with Crippen LogP contribution in [0.5, 0.6) is 0 Å². The van der Waals surface area contributed by atoms with Gasteiger partial charge in [0.25, 0.3) is 0 Å². The maximum Gasteiger partial charge on any atom is 0.334 e. The van der Waals surface area contributed by atoms with Gasteiger partial charge in [0.05, 0.1) is 24.4 Å². The summed E-state index contributed by atoms with van der Waals surface area (Å²) in [6, 6.07) is 0. The normalized spacial score (nSPS) is 18.4. The molecule has 240 valence electrons. The van der Waals surface area contributed by atoms with Crippen molar-refractivity contribution in [3.8, 4) is 0 Å². The molecule has 0 aromatic carbocycles. The molecule has 0 bridgehead atoms. The van der Waals surface area contributed by atoms with Gasteiger partial charge in [0.15, 0.2) is 0 Å². The Morgan fingerprint density at radius 1 is 0.659 bits per heavy atom. The Balaban J connectivity index is 1.91. The zero-order valence-corrected chi connectivity index (χ0v) is 26.5. The first kappa shape index (κ1) is 37.8. The van der Waals surface area contributed by atoms with Gasteiger partial charge in [-0.3, -0.25) is 0 Å². The van der Waals surface area contributed by atoms with Crippen LogP contribution in [0.4, 0.5) is 0 Å². The molecule has 41 heavy (non-hydrogen) atoms. The number of carbonyl (C=O) groups excluding carboxylic acids is 1. The van der Waals surface area contributed by atoms with E-state index in [9.17, 15) is 25.2 Å². The van der Waals surface area contributed by atoms with Crippen molar-refractivity contribution in [2.24, 2.45) is 0 Å². The van der Waals surface area contributed by atoms with Gasteiger partial charge in [-0.25, -0.2) is 4.79 Å². The number of rotatable bonds is 28. The van der Waals surface area contributed by atoms with Crippen molar-refractivity contribution in [1.82, 2.24) is 0 Å². The quantitative estimate of drug-likeness (QED) is 0.0426. The van der Waals surface area contributed by atoms with Crippen LogP contribution in [0.2, 0.25) is 0 Å². The predicted octanol–water partition coefficient (Wildman–Crippen LogP) is 7.85. The lowest BCUT2D eigenvalue weighted by Gasteiger charge is -2.17. The first-order chi connectivity index (χ1) is 19.8. The van der Waals surface area contributed by atoms with Crippen molar-refractivity contribution < 1.29 is 30.0 Å². The van der Waals surface area contributed by atoms with E-state index in [0.29, 0.717) is 31.3 Å². The van der Waals surface area contributed by atoms with Gasteiger partial charge in [-0.1, -0.05) is 115 Å². The number of esters is 1. The van der Waals surface area contributed by atoms with E-state index < -0.39 is 18.3 Å².